The van der Waals surface area contributed by atoms with Gasteiger partial charge in [0.2, 0.25) is 0 Å². The smallest absolute Gasteiger partial charge is 0.123 e. The van der Waals surface area contributed by atoms with Crippen molar-refractivity contribution in [3.63, 3.8) is 0 Å². The van der Waals surface area contributed by atoms with Gasteiger partial charge in [0.05, 0.1) is 0 Å². The number of nitrogens with two attached hydrogens (primary N) is 1. The Labute approximate surface area is 73.0 Å². The fourth-order valence-corrected chi connectivity index (χ4v) is 1.26. The van der Waals surface area contributed by atoms with E-state index in [1.54, 1.807) is 0 Å². The largest absolute Gasteiger partial charge is 0.507 e. The Hall–Kier alpha value is -1.02. The number of hydrogen-bond acceptors (Lipinski definition) is 2. The highest BCUT2D eigenvalue weighted by Gasteiger charge is 2.07. The van der Waals surface area contributed by atoms with Crippen LogP contribution in [-0.2, 0) is 6.42 Å². The molecule has 0 saturated heterocycles. The van der Waals surface area contributed by atoms with E-state index in [1.165, 1.54) is 0 Å². The van der Waals surface area contributed by atoms with Crippen LogP contribution in [0.5, 0.6) is 5.75 Å². The maximum Gasteiger partial charge on any atom is 0.123 e. The van der Waals surface area contributed by atoms with E-state index in [0.717, 1.165) is 17.5 Å². The van der Waals surface area contributed by atoms with Crippen LogP contribution in [-0.4, -0.2) is 5.11 Å². The zero-order valence-corrected chi connectivity index (χ0v) is 7.54. The molecule has 12 heavy (non-hydrogen) atoms. The van der Waals surface area contributed by atoms with Gasteiger partial charge in [-0.1, -0.05) is 25.1 Å². The minimum absolute atomic E-state index is 0.100. The van der Waals surface area contributed by atoms with Crippen molar-refractivity contribution in [2.24, 2.45) is 5.73 Å². The molecule has 0 saturated carbocycles. The Morgan fingerprint density at radius 3 is 2.67 bits per heavy atom. The zero-order chi connectivity index (χ0) is 9.14. The summed E-state index contributed by atoms with van der Waals surface area (Å²) in [5, 5.41) is 9.68. The van der Waals surface area contributed by atoms with Crippen LogP contribution in [0.4, 0.5) is 0 Å². The van der Waals surface area contributed by atoms with Crippen molar-refractivity contribution in [2.45, 2.75) is 26.3 Å². The topological polar surface area (TPSA) is 46.2 Å². The summed E-state index contributed by atoms with van der Waals surface area (Å²) in [4.78, 5) is 0. The number of para-hydroxylation sites is 1. The highest BCUT2D eigenvalue weighted by atomic mass is 16.3. The van der Waals surface area contributed by atoms with Crippen LogP contribution < -0.4 is 5.73 Å². The fourth-order valence-electron chi connectivity index (χ4n) is 1.26. The van der Waals surface area contributed by atoms with Gasteiger partial charge in [-0.2, -0.15) is 0 Å². The van der Waals surface area contributed by atoms with Gasteiger partial charge in [-0.15, -0.1) is 0 Å². The van der Waals surface area contributed by atoms with Crippen LogP contribution in [0, 0.1) is 0 Å². The van der Waals surface area contributed by atoms with Crippen LogP contribution in [0.2, 0.25) is 0 Å². The van der Waals surface area contributed by atoms with Crippen LogP contribution >= 0.6 is 0 Å². The molecule has 3 N–H and O–H groups in total. The Balaban J connectivity index is 3.14. The molecule has 1 atom stereocenters. The Bertz CT molecular complexity index is 269. The Morgan fingerprint density at radius 1 is 1.50 bits per heavy atom. The number of aryl methyl sites for hydroxylation is 1. The van der Waals surface area contributed by atoms with Gasteiger partial charge >= 0.3 is 0 Å². The molecule has 0 aliphatic rings. The van der Waals surface area contributed by atoms with Crippen molar-refractivity contribution in [2.75, 3.05) is 0 Å². The van der Waals surface area contributed by atoms with Crippen LogP contribution in [0.15, 0.2) is 18.2 Å². The monoisotopic (exact) mass is 165 g/mol. The van der Waals surface area contributed by atoms with Crippen molar-refractivity contribution >= 4 is 0 Å². The van der Waals surface area contributed by atoms with Crippen molar-refractivity contribution in [1.29, 1.82) is 0 Å². The molecule has 0 aliphatic carbocycles. The SMILES string of the molecule is CCc1cccc([C@H](C)N)c1O. The highest BCUT2D eigenvalue weighted by molar-refractivity contribution is 5.41. The van der Waals surface area contributed by atoms with Gasteiger partial charge < -0.3 is 10.8 Å². The molecule has 0 unspecified atom stereocenters. The van der Waals surface area contributed by atoms with Crippen molar-refractivity contribution < 1.29 is 5.11 Å². The quantitative estimate of drug-likeness (QED) is 0.703. The molecule has 0 heterocycles. The Morgan fingerprint density at radius 2 is 2.17 bits per heavy atom. The molecule has 0 amide bonds. The van der Waals surface area contributed by atoms with Crippen molar-refractivity contribution in [1.82, 2.24) is 0 Å². The molecule has 2 nitrogen and oxygen atoms in total. The van der Waals surface area contributed by atoms with Gasteiger partial charge in [0.1, 0.15) is 5.75 Å². The minimum atomic E-state index is -0.100. The van der Waals surface area contributed by atoms with Gasteiger partial charge in [-0.25, -0.2) is 0 Å². The summed E-state index contributed by atoms with van der Waals surface area (Å²) in [6.45, 7) is 3.88. The lowest BCUT2D eigenvalue weighted by molar-refractivity contribution is 0.457. The second-order valence-corrected chi connectivity index (χ2v) is 3.00. The van der Waals surface area contributed by atoms with E-state index in [1.807, 2.05) is 32.0 Å². The predicted octanol–water partition coefficient (Wildman–Crippen LogP) is 1.97. The summed E-state index contributed by atoms with van der Waals surface area (Å²) in [6, 6.07) is 5.61. The maximum absolute atomic E-state index is 9.68. The second-order valence-electron chi connectivity index (χ2n) is 3.00. The third-order valence-corrected chi connectivity index (χ3v) is 2.02. The summed E-state index contributed by atoms with van der Waals surface area (Å²) >= 11 is 0. The van der Waals surface area contributed by atoms with E-state index in [2.05, 4.69) is 0 Å². The van der Waals surface area contributed by atoms with Gasteiger partial charge in [-0.3, -0.25) is 0 Å². The van der Waals surface area contributed by atoms with Crippen molar-refractivity contribution in [3.8, 4) is 5.75 Å². The molecule has 1 rings (SSSR count). The number of benzene rings is 1. The normalized spacial score (nSPS) is 12.9. The molecule has 2 heteroatoms. The van der Waals surface area contributed by atoms with Crippen LogP contribution in [0.3, 0.4) is 0 Å². The molecule has 0 aliphatic heterocycles. The average molecular weight is 165 g/mol. The summed E-state index contributed by atoms with van der Waals surface area (Å²) < 4.78 is 0. The first-order valence-corrected chi connectivity index (χ1v) is 4.23. The molecule has 0 spiro atoms. The molecule has 0 radical (unpaired) electrons. The number of phenolic OH excluding ortho intramolecular Hbond substituents is 1. The van der Waals surface area contributed by atoms with E-state index in [-0.39, 0.29) is 6.04 Å². The molecular weight excluding hydrogens is 150 g/mol. The maximum atomic E-state index is 9.68. The third kappa shape index (κ3) is 1.59. The van der Waals surface area contributed by atoms with Crippen LogP contribution in [0.1, 0.15) is 31.0 Å². The molecular formula is C10H15NO. The number of aromatic hydroxyl groups is 1. The second kappa shape index (κ2) is 3.59. The van der Waals surface area contributed by atoms with E-state index in [9.17, 15) is 5.11 Å². The Kier molecular flexibility index (Phi) is 2.71. The van der Waals surface area contributed by atoms with E-state index in [0.29, 0.717) is 5.75 Å². The number of phenols is 1. The standard InChI is InChI=1S/C10H15NO/c1-3-8-5-4-6-9(7(2)11)10(8)12/h4-7,12H,3,11H2,1-2H3/t7-/m0/s1. The summed E-state index contributed by atoms with van der Waals surface area (Å²) in [5.74, 6) is 0.356. The highest BCUT2D eigenvalue weighted by Crippen LogP contribution is 2.26. The van der Waals surface area contributed by atoms with Gasteiger partial charge in [0.15, 0.2) is 0 Å². The first-order valence-electron chi connectivity index (χ1n) is 4.23. The first-order chi connectivity index (χ1) is 5.66. The lowest BCUT2D eigenvalue weighted by atomic mass is 10.0. The average Bonchev–Trinajstić information content (AvgIpc) is 2.04. The van der Waals surface area contributed by atoms with E-state index in [4.69, 9.17) is 5.73 Å². The molecule has 1 aromatic rings. The lowest BCUT2D eigenvalue weighted by Crippen LogP contribution is -2.05. The zero-order valence-electron chi connectivity index (χ0n) is 7.54. The van der Waals surface area contributed by atoms with Crippen molar-refractivity contribution in [3.05, 3.63) is 29.3 Å². The van der Waals surface area contributed by atoms with Gasteiger partial charge in [0.25, 0.3) is 0 Å². The lowest BCUT2D eigenvalue weighted by Gasteiger charge is -2.10. The predicted molar refractivity (Wildman–Crippen MR) is 50.1 cm³/mol. The summed E-state index contributed by atoms with van der Waals surface area (Å²) in [7, 11) is 0. The molecule has 0 fully saturated rings. The fraction of sp³-hybridized carbons (Fsp3) is 0.400. The molecule has 66 valence electrons. The van der Waals surface area contributed by atoms with Crippen LogP contribution in [0.25, 0.3) is 0 Å². The molecule has 0 bridgehead atoms. The third-order valence-electron chi connectivity index (χ3n) is 2.02. The van der Waals surface area contributed by atoms with E-state index >= 15 is 0 Å². The van der Waals surface area contributed by atoms with Gasteiger partial charge in [0, 0.05) is 11.6 Å². The van der Waals surface area contributed by atoms with E-state index < -0.39 is 0 Å². The molecule has 1 aromatic carbocycles. The molecule has 0 aromatic heterocycles. The van der Waals surface area contributed by atoms with Gasteiger partial charge in [-0.05, 0) is 18.9 Å². The summed E-state index contributed by atoms with van der Waals surface area (Å²) in [5.41, 5.74) is 7.47. The number of hydrogen-bond donors (Lipinski definition) is 2. The summed E-state index contributed by atoms with van der Waals surface area (Å²) in [6.07, 6.45) is 0.840. The number of rotatable bonds is 2. The minimum Gasteiger partial charge on any atom is -0.507 e. The first kappa shape index (κ1) is 9.07.